The van der Waals surface area contributed by atoms with Crippen LogP contribution in [0.3, 0.4) is 0 Å². The first-order valence-electron chi connectivity index (χ1n) is 6.94. The zero-order valence-electron chi connectivity index (χ0n) is 11.7. The van der Waals surface area contributed by atoms with Gasteiger partial charge in [0, 0.05) is 22.6 Å². The van der Waals surface area contributed by atoms with Crippen LogP contribution in [0.2, 0.25) is 5.02 Å². The van der Waals surface area contributed by atoms with Crippen LogP contribution in [0.1, 0.15) is 28.4 Å². The van der Waals surface area contributed by atoms with Crippen molar-refractivity contribution in [2.24, 2.45) is 0 Å². The molecular formula is C18H15ClO2. The van der Waals surface area contributed by atoms with E-state index in [0.29, 0.717) is 18.1 Å². The van der Waals surface area contributed by atoms with E-state index in [4.69, 9.17) is 16.3 Å². The van der Waals surface area contributed by atoms with Crippen LogP contribution in [0.25, 0.3) is 6.08 Å². The van der Waals surface area contributed by atoms with Gasteiger partial charge in [-0.05, 0) is 42.3 Å². The minimum atomic E-state index is 0.0642. The third-order valence-electron chi connectivity index (χ3n) is 3.53. The number of hydrogen-bond acceptors (Lipinski definition) is 2. The molecule has 3 heteroatoms. The van der Waals surface area contributed by atoms with Crippen LogP contribution in [0.4, 0.5) is 0 Å². The van der Waals surface area contributed by atoms with Gasteiger partial charge in [-0.1, -0.05) is 35.9 Å². The highest BCUT2D eigenvalue weighted by Crippen LogP contribution is 2.32. The van der Waals surface area contributed by atoms with Gasteiger partial charge >= 0.3 is 0 Å². The van der Waals surface area contributed by atoms with Gasteiger partial charge in [0.05, 0.1) is 6.61 Å². The predicted molar refractivity (Wildman–Crippen MR) is 85.1 cm³/mol. The van der Waals surface area contributed by atoms with Gasteiger partial charge in [-0.2, -0.15) is 0 Å². The van der Waals surface area contributed by atoms with Crippen LogP contribution >= 0.6 is 11.6 Å². The standard InChI is InChI=1S/C18H15ClO2/c1-2-21-14-6-3-5-12(10-14)9-13-11-16-15(18(13)20)7-4-8-17(16)19/h3-10H,2,11H2,1H3/b13-9-. The van der Waals surface area contributed by atoms with Crippen molar-refractivity contribution in [1.82, 2.24) is 0 Å². The van der Waals surface area contributed by atoms with Crippen molar-refractivity contribution in [1.29, 1.82) is 0 Å². The van der Waals surface area contributed by atoms with E-state index in [0.717, 1.165) is 28.0 Å². The van der Waals surface area contributed by atoms with Gasteiger partial charge in [0.25, 0.3) is 0 Å². The molecule has 106 valence electrons. The molecule has 1 aliphatic rings. The molecule has 1 aliphatic carbocycles. The third-order valence-corrected chi connectivity index (χ3v) is 3.89. The second-order valence-corrected chi connectivity index (χ2v) is 5.35. The number of ether oxygens (including phenoxy) is 1. The molecule has 0 saturated heterocycles. The fourth-order valence-electron chi connectivity index (χ4n) is 2.57. The number of Topliss-reactive ketones (excluding diaryl/α,β-unsaturated/α-hetero) is 1. The van der Waals surface area contributed by atoms with Gasteiger partial charge in [0.1, 0.15) is 5.75 Å². The molecule has 0 aliphatic heterocycles. The van der Waals surface area contributed by atoms with E-state index in [1.807, 2.05) is 55.5 Å². The van der Waals surface area contributed by atoms with Crippen molar-refractivity contribution in [3.05, 3.63) is 69.8 Å². The van der Waals surface area contributed by atoms with Gasteiger partial charge in [0.2, 0.25) is 0 Å². The van der Waals surface area contributed by atoms with E-state index >= 15 is 0 Å². The highest BCUT2D eigenvalue weighted by molar-refractivity contribution is 6.33. The lowest BCUT2D eigenvalue weighted by Gasteiger charge is -2.04. The Balaban J connectivity index is 1.94. The Bertz CT molecular complexity index is 732. The van der Waals surface area contributed by atoms with Crippen molar-refractivity contribution in [3.63, 3.8) is 0 Å². The van der Waals surface area contributed by atoms with E-state index in [9.17, 15) is 4.79 Å². The van der Waals surface area contributed by atoms with Gasteiger partial charge in [-0.15, -0.1) is 0 Å². The maximum atomic E-state index is 12.4. The fraction of sp³-hybridized carbons (Fsp3) is 0.167. The van der Waals surface area contributed by atoms with Gasteiger partial charge in [0.15, 0.2) is 5.78 Å². The van der Waals surface area contributed by atoms with Crippen LogP contribution < -0.4 is 4.74 Å². The maximum Gasteiger partial charge on any atom is 0.189 e. The summed E-state index contributed by atoms with van der Waals surface area (Å²) in [6, 6.07) is 13.2. The number of carbonyl (C=O) groups excluding carboxylic acids is 1. The number of halogens is 1. The number of carbonyl (C=O) groups is 1. The van der Waals surface area contributed by atoms with E-state index in [1.54, 1.807) is 0 Å². The van der Waals surface area contributed by atoms with Crippen molar-refractivity contribution in [3.8, 4) is 5.75 Å². The maximum absolute atomic E-state index is 12.4. The van der Waals surface area contributed by atoms with Crippen LogP contribution in [0.5, 0.6) is 5.75 Å². The summed E-state index contributed by atoms with van der Waals surface area (Å²) in [6.45, 7) is 2.57. The van der Waals surface area contributed by atoms with E-state index in [2.05, 4.69) is 0 Å². The molecule has 21 heavy (non-hydrogen) atoms. The lowest BCUT2D eigenvalue weighted by atomic mass is 10.1. The summed E-state index contributed by atoms with van der Waals surface area (Å²) >= 11 is 6.17. The summed E-state index contributed by atoms with van der Waals surface area (Å²) in [7, 11) is 0. The van der Waals surface area contributed by atoms with Crippen molar-refractivity contribution in [2.75, 3.05) is 6.61 Å². The van der Waals surface area contributed by atoms with E-state index in [1.165, 1.54) is 0 Å². The average Bonchev–Trinajstić information content (AvgIpc) is 2.79. The number of fused-ring (bicyclic) bond motifs is 1. The molecule has 0 heterocycles. The van der Waals surface area contributed by atoms with E-state index in [-0.39, 0.29) is 5.78 Å². The summed E-state index contributed by atoms with van der Waals surface area (Å²) in [5.74, 6) is 0.877. The topological polar surface area (TPSA) is 26.3 Å². The Morgan fingerprint density at radius 1 is 1.24 bits per heavy atom. The fourth-order valence-corrected chi connectivity index (χ4v) is 2.81. The Morgan fingerprint density at radius 2 is 2.05 bits per heavy atom. The summed E-state index contributed by atoms with van der Waals surface area (Å²) < 4.78 is 5.48. The van der Waals surface area contributed by atoms with Gasteiger partial charge in [-0.25, -0.2) is 0 Å². The Kier molecular flexibility index (Phi) is 3.80. The summed E-state index contributed by atoms with van der Waals surface area (Å²) in [5.41, 5.74) is 3.38. The van der Waals surface area contributed by atoms with Crippen molar-refractivity contribution < 1.29 is 9.53 Å². The quantitative estimate of drug-likeness (QED) is 0.776. The number of benzene rings is 2. The molecule has 3 rings (SSSR count). The SMILES string of the molecule is CCOc1cccc(/C=C2/Cc3c(Cl)cccc3C2=O)c1. The highest BCUT2D eigenvalue weighted by atomic mass is 35.5. The number of hydrogen-bond donors (Lipinski definition) is 0. The second-order valence-electron chi connectivity index (χ2n) is 4.95. The summed E-state index contributed by atoms with van der Waals surface area (Å²) in [4.78, 5) is 12.4. The predicted octanol–water partition coefficient (Wildman–Crippen LogP) is 4.56. The minimum absolute atomic E-state index is 0.0642. The molecule has 0 fully saturated rings. The Hall–Kier alpha value is -2.06. The summed E-state index contributed by atoms with van der Waals surface area (Å²) in [6.07, 6.45) is 2.51. The first-order chi connectivity index (χ1) is 10.2. The monoisotopic (exact) mass is 298 g/mol. The lowest BCUT2D eigenvalue weighted by molar-refractivity contribution is 0.104. The Labute approximate surface area is 129 Å². The number of rotatable bonds is 3. The van der Waals surface area contributed by atoms with Crippen LogP contribution in [-0.4, -0.2) is 12.4 Å². The van der Waals surface area contributed by atoms with Crippen molar-refractivity contribution in [2.45, 2.75) is 13.3 Å². The molecule has 0 spiro atoms. The molecule has 0 bridgehead atoms. The van der Waals surface area contributed by atoms with E-state index < -0.39 is 0 Å². The number of ketones is 1. The molecule has 0 amide bonds. The average molecular weight is 299 g/mol. The molecule has 0 aromatic heterocycles. The van der Waals surface area contributed by atoms with Crippen molar-refractivity contribution >= 4 is 23.5 Å². The Morgan fingerprint density at radius 3 is 2.81 bits per heavy atom. The first kappa shape index (κ1) is 13.9. The molecule has 2 nitrogen and oxygen atoms in total. The molecule has 2 aromatic carbocycles. The number of allylic oxidation sites excluding steroid dienone is 1. The van der Waals surface area contributed by atoms with Gasteiger partial charge in [-0.3, -0.25) is 4.79 Å². The molecule has 0 unspecified atom stereocenters. The molecule has 0 saturated carbocycles. The zero-order valence-corrected chi connectivity index (χ0v) is 12.5. The largest absolute Gasteiger partial charge is 0.494 e. The normalized spacial score (nSPS) is 15.3. The highest BCUT2D eigenvalue weighted by Gasteiger charge is 2.26. The lowest BCUT2D eigenvalue weighted by Crippen LogP contribution is -1.95. The zero-order chi connectivity index (χ0) is 14.8. The second kappa shape index (κ2) is 5.74. The minimum Gasteiger partial charge on any atom is -0.494 e. The molecular weight excluding hydrogens is 284 g/mol. The third kappa shape index (κ3) is 2.72. The van der Waals surface area contributed by atoms with Gasteiger partial charge < -0.3 is 4.74 Å². The first-order valence-corrected chi connectivity index (χ1v) is 7.32. The smallest absolute Gasteiger partial charge is 0.189 e. The molecule has 0 N–H and O–H groups in total. The van der Waals surface area contributed by atoms with Crippen LogP contribution in [0, 0.1) is 0 Å². The summed E-state index contributed by atoms with van der Waals surface area (Å²) in [5, 5.41) is 0.660. The van der Waals surface area contributed by atoms with Crippen LogP contribution in [-0.2, 0) is 6.42 Å². The molecule has 0 atom stereocenters. The molecule has 0 radical (unpaired) electrons. The molecule has 2 aromatic rings. The van der Waals surface area contributed by atoms with Crippen LogP contribution in [0.15, 0.2) is 48.0 Å².